The van der Waals surface area contributed by atoms with E-state index >= 15 is 0 Å². The van der Waals surface area contributed by atoms with Crippen LogP contribution in [-0.4, -0.2) is 22.6 Å². The van der Waals surface area contributed by atoms with Crippen molar-refractivity contribution in [1.82, 2.24) is 14.5 Å². The molecule has 8 rings (SSSR count). The summed E-state index contributed by atoms with van der Waals surface area (Å²) in [5.74, 6) is 2.20. The number of nitrogens with zero attached hydrogens (tertiary/aromatic N) is 3. The molecule has 8 aromatic rings. The summed E-state index contributed by atoms with van der Waals surface area (Å²) in [7, 11) is -1.34. The smallest absolute Gasteiger partial charge is 0.120 e. The Morgan fingerprint density at radius 2 is 1.31 bits per heavy atom. The fraction of sp³-hybridized carbons (Fsp3) is 0.250. The van der Waals surface area contributed by atoms with Crippen LogP contribution in [0.3, 0.4) is 0 Å². The van der Waals surface area contributed by atoms with Crippen molar-refractivity contribution in [3.63, 3.8) is 0 Å². The van der Waals surface area contributed by atoms with Crippen molar-refractivity contribution in [2.45, 2.75) is 78.9 Å². The maximum atomic E-state index is 6.06. The van der Waals surface area contributed by atoms with E-state index in [4.69, 9.17) is 9.40 Å². The molecular weight excluding hydrogens is 855 g/mol. The zero-order valence-electron chi connectivity index (χ0n) is 32.8. The second kappa shape index (κ2) is 16.0. The molecule has 0 bridgehead atoms. The Morgan fingerprint density at radius 1 is 0.648 bits per heavy atom. The zero-order chi connectivity index (χ0) is 37.4. The number of aromatic nitrogens is 3. The van der Waals surface area contributed by atoms with Crippen LogP contribution < -0.4 is 5.19 Å². The summed E-state index contributed by atoms with van der Waals surface area (Å²) in [6, 6.07) is 44.4. The van der Waals surface area contributed by atoms with E-state index in [1.54, 1.807) is 0 Å². The van der Waals surface area contributed by atoms with Gasteiger partial charge in [-0.25, -0.2) is 0 Å². The summed E-state index contributed by atoms with van der Waals surface area (Å²) in [5, 5.41) is 3.67. The minimum Gasteiger partial charge on any atom is -0.500 e. The molecule has 0 aliphatic carbocycles. The molecule has 3 aromatic heterocycles. The molecule has 1 radical (unpaired) electrons. The van der Waals surface area contributed by atoms with E-state index in [2.05, 4.69) is 162 Å². The molecule has 54 heavy (non-hydrogen) atoms. The van der Waals surface area contributed by atoms with Crippen molar-refractivity contribution < 1.29 is 24.5 Å². The Labute approximate surface area is 335 Å². The van der Waals surface area contributed by atoms with E-state index in [0.717, 1.165) is 55.6 Å². The second-order valence-electron chi connectivity index (χ2n) is 15.9. The maximum absolute atomic E-state index is 6.06. The summed E-state index contributed by atoms with van der Waals surface area (Å²) in [6.07, 6.45) is 2.09. The van der Waals surface area contributed by atoms with Crippen LogP contribution in [0.15, 0.2) is 120 Å². The fourth-order valence-corrected chi connectivity index (χ4v) is 8.96. The molecular formula is C48H49IrN3OSi-2. The van der Waals surface area contributed by atoms with Crippen LogP contribution in [0.25, 0.3) is 61.3 Å². The third-order valence-electron chi connectivity index (χ3n) is 10.0. The van der Waals surface area contributed by atoms with Crippen LogP contribution in [0.5, 0.6) is 0 Å². The van der Waals surface area contributed by atoms with Gasteiger partial charge in [0, 0.05) is 37.4 Å². The number of benzene rings is 5. The van der Waals surface area contributed by atoms with Gasteiger partial charge in [-0.2, -0.15) is 0 Å². The van der Waals surface area contributed by atoms with E-state index < -0.39 is 8.07 Å². The molecule has 0 spiro atoms. The number of imidazole rings is 1. The first kappa shape index (κ1) is 39.1. The van der Waals surface area contributed by atoms with Gasteiger partial charge >= 0.3 is 0 Å². The monoisotopic (exact) mass is 904 g/mol. The molecule has 3 heterocycles. The van der Waals surface area contributed by atoms with Crippen molar-refractivity contribution in [3.05, 3.63) is 144 Å². The summed E-state index contributed by atoms with van der Waals surface area (Å²) in [6.45, 7) is 20.7. The number of rotatable bonds is 7. The summed E-state index contributed by atoms with van der Waals surface area (Å²) in [5.41, 5.74) is 12.2. The van der Waals surface area contributed by atoms with Gasteiger partial charge in [0.05, 0.1) is 30.5 Å². The van der Waals surface area contributed by atoms with E-state index in [9.17, 15) is 0 Å². The van der Waals surface area contributed by atoms with Gasteiger partial charge in [-0.3, -0.25) is 4.98 Å². The first-order valence-corrected chi connectivity index (χ1v) is 22.3. The Kier molecular flexibility index (Phi) is 11.6. The number of para-hydroxylation sites is 4. The van der Waals surface area contributed by atoms with Crippen molar-refractivity contribution >= 4 is 46.2 Å². The van der Waals surface area contributed by atoms with E-state index in [1.165, 1.54) is 27.6 Å². The molecule has 0 aliphatic rings. The van der Waals surface area contributed by atoms with Crippen molar-refractivity contribution in [3.8, 4) is 28.3 Å². The van der Waals surface area contributed by atoms with Gasteiger partial charge in [0.2, 0.25) is 0 Å². The van der Waals surface area contributed by atoms with Crippen LogP contribution in [0.1, 0.15) is 76.0 Å². The number of hydrogen-bond acceptors (Lipinski definition) is 3. The fourth-order valence-electron chi connectivity index (χ4n) is 7.28. The molecule has 0 unspecified atom stereocenters. The Morgan fingerprint density at radius 3 is 1.98 bits per heavy atom. The summed E-state index contributed by atoms with van der Waals surface area (Å²) >= 11 is 0. The molecule has 0 atom stereocenters. The average Bonchev–Trinajstić information content (AvgIpc) is 3.73. The Hall–Kier alpha value is -4.61. The molecule has 6 heteroatoms. The van der Waals surface area contributed by atoms with E-state index in [1.807, 2.05) is 36.4 Å². The zero-order valence-corrected chi connectivity index (χ0v) is 36.2. The van der Waals surface area contributed by atoms with Gasteiger partial charge in [0.15, 0.2) is 0 Å². The van der Waals surface area contributed by atoms with Crippen LogP contribution in [0.4, 0.5) is 0 Å². The Bertz CT molecular complexity index is 2510. The largest absolute Gasteiger partial charge is 0.500 e. The number of pyridine rings is 1. The predicted octanol–water partition coefficient (Wildman–Crippen LogP) is 12.9. The number of fused-ring (bicyclic) bond motifs is 4. The summed E-state index contributed by atoms with van der Waals surface area (Å²) in [4.78, 5) is 9.79. The average molecular weight is 904 g/mol. The van der Waals surface area contributed by atoms with E-state index in [-0.39, 0.29) is 20.1 Å². The van der Waals surface area contributed by atoms with Gasteiger partial charge in [-0.05, 0) is 58.0 Å². The quantitative estimate of drug-likeness (QED) is 0.118. The third kappa shape index (κ3) is 7.66. The number of furan rings is 1. The SMILES string of the molecule is CC(C)c1cc(-c2[c-]cccc2)ncc1[Si](C)(C)C.CC(C)c1cccc(C(C)C)c1-n1c(-c2[c-]cc3oc4ccccc4c3c2)nc2ccccc21.[Ir]. The van der Waals surface area contributed by atoms with Crippen molar-refractivity contribution in [2.24, 2.45) is 0 Å². The van der Waals surface area contributed by atoms with Gasteiger partial charge in [0.1, 0.15) is 5.58 Å². The van der Waals surface area contributed by atoms with Crippen LogP contribution in [0.2, 0.25) is 19.6 Å². The Balaban J connectivity index is 0.000000213. The van der Waals surface area contributed by atoms with Crippen LogP contribution >= 0.6 is 0 Å². The van der Waals surface area contributed by atoms with E-state index in [0.29, 0.717) is 17.8 Å². The first-order chi connectivity index (χ1) is 25.4. The maximum Gasteiger partial charge on any atom is 0.120 e. The minimum absolute atomic E-state index is 0. The molecule has 0 N–H and O–H groups in total. The van der Waals surface area contributed by atoms with Gasteiger partial charge in [-0.15, -0.1) is 59.7 Å². The molecule has 5 aromatic carbocycles. The molecule has 4 nitrogen and oxygen atoms in total. The molecule has 0 aliphatic heterocycles. The number of hydrogen-bond donors (Lipinski definition) is 0. The molecule has 0 amide bonds. The van der Waals surface area contributed by atoms with Crippen LogP contribution in [-0.2, 0) is 20.1 Å². The van der Waals surface area contributed by atoms with Gasteiger partial charge in [0.25, 0.3) is 0 Å². The van der Waals surface area contributed by atoms with Crippen molar-refractivity contribution in [2.75, 3.05) is 0 Å². The normalized spacial score (nSPS) is 11.8. The van der Waals surface area contributed by atoms with Crippen molar-refractivity contribution in [1.29, 1.82) is 0 Å². The molecule has 0 saturated carbocycles. The van der Waals surface area contributed by atoms with Crippen LogP contribution in [0, 0.1) is 12.1 Å². The third-order valence-corrected chi connectivity index (χ3v) is 12.1. The van der Waals surface area contributed by atoms with Gasteiger partial charge in [-0.1, -0.05) is 127 Å². The molecule has 277 valence electrons. The molecule has 0 fully saturated rings. The molecule has 0 saturated heterocycles. The standard InChI is InChI=1S/C31H27N2O.C17H22NSi.Ir/c1-19(2)22-11-9-12-23(20(3)4)30(22)33-27-14-7-6-13-26(27)32-31(33)21-16-17-29-25(18-21)24-10-5-8-15-28(24)34-29;1-13(2)15-11-16(14-9-7-6-8-10-14)18-12-17(15)19(3,4)5;/h5-15,17-20H,1-4H3;6-9,11-13H,1-5H3;/q2*-1;. The predicted molar refractivity (Wildman–Crippen MR) is 226 cm³/mol. The first-order valence-electron chi connectivity index (χ1n) is 18.8. The minimum atomic E-state index is -1.34. The summed E-state index contributed by atoms with van der Waals surface area (Å²) < 4.78 is 8.41. The second-order valence-corrected chi connectivity index (χ2v) is 21.0. The van der Waals surface area contributed by atoms with Gasteiger partial charge < -0.3 is 14.0 Å². The topological polar surface area (TPSA) is 43.9 Å².